The molecule has 0 saturated heterocycles. The summed E-state index contributed by atoms with van der Waals surface area (Å²) in [4.78, 5) is 9.48. The van der Waals surface area contributed by atoms with Crippen LogP contribution in [0.25, 0.3) is 0 Å². The maximum absolute atomic E-state index is 9.62. The molecule has 0 aliphatic carbocycles. The van der Waals surface area contributed by atoms with Crippen molar-refractivity contribution in [1.82, 2.24) is 0 Å². The van der Waals surface area contributed by atoms with Gasteiger partial charge < -0.3 is 7.96 Å². The second kappa shape index (κ2) is 4.04. The number of carboxylic acids is 1. The number of hydrogen-bond donors (Lipinski definition) is 2. The van der Waals surface area contributed by atoms with Gasteiger partial charge >= 0.3 is 29.0 Å². The third-order valence-electron chi connectivity index (χ3n) is 0.306. The van der Waals surface area contributed by atoms with Gasteiger partial charge in [-0.05, 0) is 0 Å². The summed E-state index contributed by atoms with van der Waals surface area (Å²) in [6.07, 6.45) is 0. The van der Waals surface area contributed by atoms with Crippen molar-refractivity contribution in [2.45, 2.75) is 0 Å². The second-order valence-electron chi connectivity index (χ2n) is 1.12. The van der Waals surface area contributed by atoms with E-state index in [0.717, 1.165) is 0 Å². The van der Waals surface area contributed by atoms with Gasteiger partial charge in [-0.15, -0.1) is 0 Å². The Morgan fingerprint density at radius 2 is 1.89 bits per heavy atom. The van der Waals surface area contributed by atoms with E-state index in [1.165, 1.54) is 0 Å². The second-order valence-corrected chi connectivity index (χ2v) is 2.57. The van der Waals surface area contributed by atoms with Crippen molar-refractivity contribution in [2.75, 3.05) is 5.75 Å². The van der Waals surface area contributed by atoms with E-state index in [1.54, 1.807) is 0 Å². The third kappa shape index (κ3) is 11.6. The third-order valence-corrected chi connectivity index (χ3v) is 0.918. The van der Waals surface area contributed by atoms with Gasteiger partial charge in [0.15, 0.2) is 5.75 Å². The fourth-order valence-electron chi connectivity index (χ4n) is 0.156. The van der Waals surface area contributed by atoms with E-state index in [9.17, 15) is 13.2 Å². The minimum Gasteiger partial charge on any atom is -1.00 e. The Morgan fingerprint density at radius 3 is 1.89 bits per heavy atom. The van der Waals surface area contributed by atoms with Crippen LogP contribution in [-0.4, -0.2) is 52.9 Å². The van der Waals surface area contributed by atoms with Crippen LogP contribution in [0.3, 0.4) is 0 Å². The van der Waals surface area contributed by atoms with Crippen LogP contribution in [0.15, 0.2) is 0 Å². The van der Waals surface area contributed by atoms with Crippen molar-refractivity contribution < 1.29 is 25.7 Å². The molecule has 0 radical (unpaired) electrons. The van der Waals surface area contributed by atoms with E-state index in [2.05, 4.69) is 0 Å². The van der Waals surface area contributed by atoms with Crippen LogP contribution in [0, 0.1) is 0 Å². The Kier molecular flexibility index (Phi) is 5.34. The minimum absolute atomic E-state index is 0. The standard InChI is InChI=1S/C2H4O5S.Mg.2H/c3-2(4)1-8(5,6)7;;;/h1H2,(H,3,4)(H,5,6,7);;;/q;+2;2*-1. The van der Waals surface area contributed by atoms with Gasteiger partial charge in [-0.2, -0.15) is 8.42 Å². The molecule has 2 N–H and O–H groups in total. The fourth-order valence-corrected chi connectivity index (χ4v) is 0.468. The average Bonchev–Trinajstić information content (AvgIpc) is 1.21. The van der Waals surface area contributed by atoms with Crippen molar-refractivity contribution in [2.24, 2.45) is 0 Å². The molecule has 9 heavy (non-hydrogen) atoms. The summed E-state index contributed by atoms with van der Waals surface area (Å²) in [5, 5.41) is 7.71. The Labute approximate surface area is 70.9 Å². The quantitative estimate of drug-likeness (QED) is 0.397. The normalized spacial score (nSPS) is 9.89. The molecule has 0 spiro atoms. The molecule has 0 aromatic rings. The number of rotatable bonds is 2. The summed E-state index contributed by atoms with van der Waals surface area (Å²) in [5.41, 5.74) is 0. The first-order valence-corrected chi connectivity index (χ1v) is 3.20. The van der Waals surface area contributed by atoms with Crippen LogP contribution in [0.5, 0.6) is 0 Å². The Morgan fingerprint density at radius 1 is 1.56 bits per heavy atom. The average molecular weight is 166 g/mol. The van der Waals surface area contributed by atoms with Crippen LogP contribution < -0.4 is 0 Å². The summed E-state index contributed by atoms with van der Waals surface area (Å²) >= 11 is 0. The molecule has 52 valence electrons. The van der Waals surface area contributed by atoms with Gasteiger partial charge in [0.25, 0.3) is 10.1 Å². The van der Waals surface area contributed by atoms with E-state index in [4.69, 9.17) is 9.66 Å². The molecule has 7 heteroatoms. The monoisotopic (exact) mass is 166 g/mol. The maximum atomic E-state index is 9.62. The topological polar surface area (TPSA) is 91.7 Å². The van der Waals surface area contributed by atoms with Gasteiger partial charge in [0.2, 0.25) is 0 Å². The predicted octanol–water partition coefficient (Wildman–Crippen LogP) is -1.20. The van der Waals surface area contributed by atoms with Gasteiger partial charge in [0, 0.05) is 0 Å². The largest absolute Gasteiger partial charge is 2.00 e. The van der Waals surface area contributed by atoms with Crippen molar-refractivity contribution >= 4 is 39.1 Å². The van der Waals surface area contributed by atoms with E-state index in [0.29, 0.717) is 0 Å². The predicted molar refractivity (Wildman–Crippen MR) is 32.0 cm³/mol. The van der Waals surface area contributed by atoms with Crippen LogP contribution in [-0.2, 0) is 14.9 Å². The van der Waals surface area contributed by atoms with Crippen molar-refractivity contribution in [3.63, 3.8) is 0 Å². The number of carbonyl (C=O) groups is 1. The van der Waals surface area contributed by atoms with Crippen molar-refractivity contribution in [1.29, 1.82) is 0 Å². The molecule has 0 aliphatic heterocycles. The smallest absolute Gasteiger partial charge is 1.00 e. The molecule has 0 aromatic carbocycles. The first kappa shape index (κ1) is 11.9. The van der Waals surface area contributed by atoms with E-state index in [1.807, 2.05) is 0 Å². The molecule has 0 atom stereocenters. The molecular weight excluding hydrogens is 160 g/mol. The van der Waals surface area contributed by atoms with Crippen LogP contribution in [0.2, 0.25) is 0 Å². The summed E-state index contributed by atoms with van der Waals surface area (Å²) in [5.74, 6) is -2.79. The van der Waals surface area contributed by atoms with Crippen molar-refractivity contribution in [3.05, 3.63) is 0 Å². The molecule has 0 aromatic heterocycles. The van der Waals surface area contributed by atoms with E-state index >= 15 is 0 Å². The summed E-state index contributed by atoms with van der Waals surface area (Å²) in [7, 11) is -4.32. The Bertz CT molecular complexity index is 189. The summed E-state index contributed by atoms with van der Waals surface area (Å²) < 4.78 is 27.0. The van der Waals surface area contributed by atoms with Gasteiger partial charge in [0.1, 0.15) is 0 Å². The molecule has 0 amide bonds. The number of hydrogen-bond acceptors (Lipinski definition) is 3. The zero-order valence-corrected chi connectivity index (χ0v) is 6.67. The maximum Gasteiger partial charge on any atom is 2.00 e. The van der Waals surface area contributed by atoms with Gasteiger partial charge in [0.05, 0.1) is 0 Å². The molecule has 0 fully saturated rings. The molecule has 0 aliphatic rings. The van der Waals surface area contributed by atoms with Gasteiger partial charge in [-0.25, -0.2) is 0 Å². The first-order chi connectivity index (χ1) is 3.42. The Balaban J connectivity index is -0.0000000817. The van der Waals surface area contributed by atoms with Gasteiger partial charge in [-0.1, -0.05) is 0 Å². The van der Waals surface area contributed by atoms with E-state index < -0.39 is 21.8 Å². The zero-order chi connectivity index (χ0) is 6.78. The first-order valence-electron chi connectivity index (χ1n) is 1.59. The molecule has 5 nitrogen and oxygen atoms in total. The fraction of sp³-hybridized carbons (Fsp3) is 0.500. The number of carboxylic acid groups (broad SMARTS) is 1. The molecule has 0 unspecified atom stereocenters. The molecule has 0 heterocycles. The zero-order valence-electron chi connectivity index (χ0n) is 6.44. The van der Waals surface area contributed by atoms with Crippen LogP contribution >= 0.6 is 0 Å². The van der Waals surface area contributed by atoms with Crippen LogP contribution in [0.1, 0.15) is 2.85 Å². The van der Waals surface area contributed by atoms with Crippen LogP contribution in [0.4, 0.5) is 0 Å². The SMILES string of the molecule is O=C(O)CS(=O)(=O)O.[H-].[H-].[Mg+2]. The molecule has 0 bridgehead atoms. The molecular formula is C2H6MgO5S. The molecule has 0 rings (SSSR count). The minimum atomic E-state index is -4.32. The summed E-state index contributed by atoms with van der Waals surface area (Å²) in [6, 6.07) is 0. The van der Waals surface area contributed by atoms with E-state index in [-0.39, 0.29) is 25.9 Å². The summed E-state index contributed by atoms with van der Waals surface area (Å²) in [6.45, 7) is 0. The molecule has 0 saturated carbocycles. The van der Waals surface area contributed by atoms with Gasteiger partial charge in [-0.3, -0.25) is 9.35 Å². The number of aliphatic carboxylic acids is 1. The van der Waals surface area contributed by atoms with Crippen molar-refractivity contribution in [3.8, 4) is 0 Å². The Hall–Kier alpha value is 0.146.